The van der Waals surface area contributed by atoms with Gasteiger partial charge in [-0.05, 0) is 43.5 Å². The Balaban J connectivity index is 2.14. The van der Waals surface area contributed by atoms with E-state index < -0.39 is 0 Å². The largest absolute Gasteiger partial charge is 0.299 e. The van der Waals surface area contributed by atoms with Crippen LogP contribution in [0.15, 0.2) is 24.3 Å². The first-order chi connectivity index (χ1) is 6.90. The van der Waals surface area contributed by atoms with Gasteiger partial charge in [-0.1, -0.05) is 31.2 Å². The monoisotopic (exact) mass is 189 g/mol. The van der Waals surface area contributed by atoms with Gasteiger partial charge < -0.3 is 0 Å². The summed E-state index contributed by atoms with van der Waals surface area (Å²) in [6, 6.07) is 8.89. The molecule has 76 valence electrons. The molecule has 1 aliphatic heterocycles. The van der Waals surface area contributed by atoms with Crippen LogP contribution < -0.4 is 0 Å². The third-order valence-electron chi connectivity index (χ3n) is 2.97. The van der Waals surface area contributed by atoms with Gasteiger partial charge in [-0.25, -0.2) is 0 Å². The van der Waals surface area contributed by atoms with Crippen LogP contribution >= 0.6 is 0 Å². The van der Waals surface area contributed by atoms with Crippen LogP contribution in [-0.2, 0) is 13.0 Å². The molecule has 0 N–H and O–H groups in total. The van der Waals surface area contributed by atoms with Crippen LogP contribution in [0.1, 0.15) is 30.9 Å². The topological polar surface area (TPSA) is 3.24 Å². The summed E-state index contributed by atoms with van der Waals surface area (Å²) in [5, 5.41) is 0. The summed E-state index contributed by atoms with van der Waals surface area (Å²) >= 11 is 0. The molecule has 1 aromatic carbocycles. The Morgan fingerprint density at radius 1 is 1.21 bits per heavy atom. The molecule has 14 heavy (non-hydrogen) atoms. The van der Waals surface area contributed by atoms with Crippen LogP contribution in [-0.4, -0.2) is 18.0 Å². The van der Waals surface area contributed by atoms with Gasteiger partial charge in [-0.15, -0.1) is 0 Å². The van der Waals surface area contributed by atoms with Gasteiger partial charge in [0, 0.05) is 6.54 Å². The molecule has 0 amide bonds. The summed E-state index contributed by atoms with van der Waals surface area (Å²) in [5.41, 5.74) is 3.10. The van der Waals surface area contributed by atoms with Gasteiger partial charge in [0.05, 0.1) is 0 Å². The highest BCUT2D eigenvalue weighted by atomic mass is 15.1. The summed E-state index contributed by atoms with van der Waals surface area (Å²) in [5.74, 6) is 0. The molecule has 1 aromatic rings. The van der Waals surface area contributed by atoms with Crippen molar-refractivity contribution in [1.29, 1.82) is 0 Å². The highest BCUT2D eigenvalue weighted by molar-refractivity contribution is 5.27. The van der Waals surface area contributed by atoms with Crippen molar-refractivity contribution in [1.82, 2.24) is 4.90 Å². The maximum absolute atomic E-state index is 2.58. The minimum Gasteiger partial charge on any atom is -0.299 e. The fourth-order valence-electron chi connectivity index (χ4n) is 2.28. The molecule has 0 saturated heterocycles. The van der Waals surface area contributed by atoms with E-state index in [4.69, 9.17) is 0 Å². The van der Waals surface area contributed by atoms with Gasteiger partial charge in [-0.3, -0.25) is 4.90 Å². The van der Waals surface area contributed by atoms with Crippen molar-refractivity contribution in [2.45, 2.75) is 32.7 Å². The number of fused-ring (bicyclic) bond motifs is 1. The van der Waals surface area contributed by atoms with Crippen molar-refractivity contribution in [2.24, 2.45) is 0 Å². The van der Waals surface area contributed by atoms with E-state index in [-0.39, 0.29) is 0 Å². The van der Waals surface area contributed by atoms with Crippen molar-refractivity contribution in [3.63, 3.8) is 0 Å². The average molecular weight is 189 g/mol. The molecule has 0 radical (unpaired) electrons. The fraction of sp³-hybridized carbons (Fsp3) is 0.538. The first-order valence-electron chi connectivity index (χ1n) is 5.69. The van der Waals surface area contributed by atoms with Crippen LogP contribution in [0.2, 0.25) is 0 Å². The Hall–Kier alpha value is -0.820. The molecular weight excluding hydrogens is 170 g/mol. The predicted octanol–water partition coefficient (Wildman–Crippen LogP) is 2.84. The van der Waals surface area contributed by atoms with Gasteiger partial charge in [0.25, 0.3) is 0 Å². The van der Waals surface area contributed by atoms with E-state index in [0.29, 0.717) is 0 Å². The minimum atomic E-state index is 1.16. The van der Waals surface area contributed by atoms with E-state index in [9.17, 15) is 0 Å². The summed E-state index contributed by atoms with van der Waals surface area (Å²) in [7, 11) is 0. The van der Waals surface area contributed by atoms with E-state index in [1.807, 2.05) is 0 Å². The van der Waals surface area contributed by atoms with Gasteiger partial charge in [0.15, 0.2) is 0 Å². The molecule has 0 fully saturated rings. The third kappa shape index (κ3) is 2.16. The van der Waals surface area contributed by atoms with Gasteiger partial charge >= 0.3 is 0 Å². The van der Waals surface area contributed by atoms with Gasteiger partial charge in [0.1, 0.15) is 0 Å². The fourth-order valence-corrected chi connectivity index (χ4v) is 2.28. The molecule has 0 aliphatic carbocycles. The summed E-state index contributed by atoms with van der Waals surface area (Å²) in [6.45, 7) is 5.93. The molecule has 0 spiro atoms. The molecule has 2 rings (SSSR count). The molecule has 1 aliphatic rings. The van der Waals surface area contributed by atoms with Crippen LogP contribution in [0.5, 0.6) is 0 Å². The highest BCUT2D eigenvalue weighted by Crippen LogP contribution is 2.18. The highest BCUT2D eigenvalue weighted by Gasteiger charge is 2.12. The van der Waals surface area contributed by atoms with E-state index in [1.165, 1.54) is 32.4 Å². The van der Waals surface area contributed by atoms with Crippen LogP contribution in [0, 0.1) is 0 Å². The Bertz CT molecular complexity index is 293. The third-order valence-corrected chi connectivity index (χ3v) is 2.97. The Kier molecular flexibility index (Phi) is 3.20. The Morgan fingerprint density at radius 2 is 2.00 bits per heavy atom. The van der Waals surface area contributed by atoms with Crippen molar-refractivity contribution in [2.75, 3.05) is 13.1 Å². The predicted molar refractivity (Wildman–Crippen MR) is 60.3 cm³/mol. The molecule has 0 aromatic heterocycles. The smallest absolute Gasteiger partial charge is 0.0236 e. The summed E-state index contributed by atoms with van der Waals surface area (Å²) in [6.07, 6.45) is 3.84. The number of hydrogen-bond acceptors (Lipinski definition) is 1. The standard InChI is InChI=1S/C13H19N/c1-2-9-14-10-5-8-12-6-3-4-7-13(12)11-14/h3-4,6-7H,2,5,8-11H2,1H3. The first kappa shape index (κ1) is 9.72. The van der Waals surface area contributed by atoms with Crippen LogP contribution in [0.25, 0.3) is 0 Å². The maximum Gasteiger partial charge on any atom is 0.0236 e. The van der Waals surface area contributed by atoms with Gasteiger partial charge in [0.2, 0.25) is 0 Å². The van der Waals surface area contributed by atoms with Crippen molar-refractivity contribution in [3.8, 4) is 0 Å². The van der Waals surface area contributed by atoms with E-state index in [1.54, 1.807) is 11.1 Å². The zero-order chi connectivity index (χ0) is 9.80. The quantitative estimate of drug-likeness (QED) is 0.691. The van der Waals surface area contributed by atoms with E-state index >= 15 is 0 Å². The minimum absolute atomic E-state index is 1.16. The van der Waals surface area contributed by atoms with Crippen molar-refractivity contribution >= 4 is 0 Å². The van der Waals surface area contributed by atoms with Crippen molar-refractivity contribution in [3.05, 3.63) is 35.4 Å². The molecule has 0 unspecified atom stereocenters. The molecule has 0 bridgehead atoms. The molecule has 1 nitrogen and oxygen atoms in total. The SMILES string of the molecule is CCCN1CCCc2ccccc2C1. The lowest BCUT2D eigenvalue weighted by atomic mass is 10.0. The molecule has 1 heteroatoms. The molecule has 1 heterocycles. The lowest BCUT2D eigenvalue weighted by Crippen LogP contribution is -2.23. The average Bonchev–Trinajstić information content (AvgIpc) is 2.40. The Morgan fingerprint density at radius 3 is 2.79 bits per heavy atom. The second kappa shape index (κ2) is 4.61. The van der Waals surface area contributed by atoms with E-state index in [0.717, 1.165) is 6.54 Å². The zero-order valence-electron chi connectivity index (χ0n) is 9.00. The number of nitrogens with zero attached hydrogens (tertiary/aromatic N) is 1. The Labute approximate surface area is 86.7 Å². The lowest BCUT2D eigenvalue weighted by molar-refractivity contribution is 0.270. The number of rotatable bonds is 2. The maximum atomic E-state index is 2.58. The van der Waals surface area contributed by atoms with Crippen LogP contribution in [0.4, 0.5) is 0 Å². The van der Waals surface area contributed by atoms with Gasteiger partial charge in [-0.2, -0.15) is 0 Å². The van der Waals surface area contributed by atoms with Crippen LogP contribution in [0.3, 0.4) is 0 Å². The molecule has 0 saturated carbocycles. The zero-order valence-corrected chi connectivity index (χ0v) is 9.00. The number of aryl methyl sites for hydroxylation is 1. The normalized spacial score (nSPS) is 17.5. The first-order valence-corrected chi connectivity index (χ1v) is 5.69. The molecule has 0 atom stereocenters. The second-order valence-electron chi connectivity index (χ2n) is 4.15. The summed E-state index contributed by atoms with van der Waals surface area (Å²) in [4.78, 5) is 2.58. The lowest BCUT2D eigenvalue weighted by Gasteiger charge is -2.19. The molecular formula is C13H19N. The van der Waals surface area contributed by atoms with E-state index in [2.05, 4.69) is 36.1 Å². The number of benzene rings is 1. The summed E-state index contributed by atoms with van der Waals surface area (Å²) < 4.78 is 0. The van der Waals surface area contributed by atoms with Crippen molar-refractivity contribution < 1.29 is 0 Å². The second-order valence-corrected chi connectivity index (χ2v) is 4.15. The number of hydrogen-bond donors (Lipinski definition) is 0.